The molecule has 5 rings (SSSR count). The van der Waals surface area contributed by atoms with Crippen molar-refractivity contribution >= 4 is 6.03 Å². The third-order valence-electron chi connectivity index (χ3n) is 7.32. The largest absolute Gasteiger partial charge is 0.419 e. The minimum Gasteiger partial charge on any atom is -0.381 e. The summed E-state index contributed by atoms with van der Waals surface area (Å²) in [5, 5.41) is 3.04. The summed E-state index contributed by atoms with van der Waals surface area (Å²) in [4.78, 5) is 26.1. The topological polar surface area (TPSA) is 70.6 Å². The molecule has 1 unspecified atom stereocenters. The van der Waals surface area contributed by atoms with Crippen LogP contribution in [-0.4, -0.2) is 71.7 Å². The van der Waals surface area contributed by atoms with Crippen LogP contribution in [0.1, 0.15) is 40.5 Å². The molecule has 194 valence electrons. The highest BCUT2D eigenvalue weighted by atomic mass is 19.4. The van der Waals surface area contributed by atoms with Gasteiger partial charge in [-0.3, -0.25) is 0 Å². The molecule has 0 bridgehead atoms. The van der Waals surface area contributed by atoms with E-state index in [2.05, 4.69) is 10.3 Å². The smallest absolute Gasteiger partial charge is 0.381 e. The van der Waals surface area contributed by atoms with Crippen molar-refractivity contribution in [1.82, 2.24) is 25.1 Å². The Bertz CT molecular complexity index is 1120. The molecule has 1 N–H and O–H groups in total. The summed E-state index contributed by atoms with van der Waals surface area (Å²) in [6.07, 6.45) is -0.507. The number of urea groups is 1. The number of likely N-dealkylation sites (tertiary alicyclic amines) is 1. The molecule has 0 saturated carbocycles. The van der Waals surface area contributed by atoms with Crippen LogP contribution in [0, 0.1) is 11.7 Å². The first kappa shape index (κ1) is 24.9. The number of hydrogen-bond acceptors (Lipinski definition) is 5. The molecule has 11 heteroatoms. The molecule has 2 saturated heterocycles. The number of ether oxygens (including phenoxy) is 1. The van der Waals surface area contributed by atoms with Crippen molar-refractivity contribution in [1.29, 1.82) is 0 Å². The van der Waals surface area contributed by atoms with Crippen LogP contribution in [0.3, 0.4) is 0 Å². The summed E-state index contributed by atoms with van der Waals surface area (Å²) in [7, 11) is 1.87. The summed E-state index contributed by atoms with van der Waals surface area (Å²) in [6.45, 7) is 3.37. The lowest BCUT2D eigenvalue weighted by atomic mass is 9.93. The van der Waals surface area contributed by atoms with Gasteiger partial charge in [0.25, 0.3) is 0 Å². The Kier molecular flexibility index (Phi) is 6.86. The Balaban J connectivity index is 1.26. The number of halogens is 4. The predicted octanol–water partition coefficient (Wildman–Crippen LogP) is 3.38. The number of likely N-dealkylation sites (N-methyl/N-ethyl adjacent to an activating group) is 1. The summed E-state index contributed by atoms with van der Waals surface area (Å²) in [6, 6.07) is 2.40. The van der Waals surface area contributed by atoms with Crippen LogP contribution in [0.2, 0.25) is 0 Å². The maximum absolute atomic E-state index is 14.2. The average molecular weight is 508 g/mol. The van der Waals surface area contributed by atoms with Crippen LogP contribution < -0.4 is 5.32 Å². The summed E-state index contributed by atoms with van der Waals surface area (Å²) in [5.41, 5.74) is 1.02. The molecule has 0 aliphatic carbocycles. The minimum atomic E-state index is -4.75. The second-order valence-electron chi connectivity index (χ2n) is 9.98. The highest BCUT2D eigenvalue weighted by Gasteiger charge is 2.38. The maximum atomic E-state index is 14.2. The number of aromatic nitrogens is 2. The van der Waals surface area contributed by atoms with Gasteiger partial charge in [0.05, 0.1) is 23.8 Å². The van der Waals surface area contributed by atoms with E-state index in [4.69, 9.17) is 9.72 Å². The van der Waals surface area contributed by atoms with Crippen molar-refractivity contribution in [2.45, 2.75) is 43.9 Å². The number of fused-ring (bicyclic) bond motifs is 1. The normalized spacial score (nSPS) is 24.7. The van der Waals surface area contributed by atoms with Crippen molar-refractivity contribution in [2.24, 2.45) is 5.92 Å². The van der Waals surface area contributed by atoms with Crippen LogP contribution in [0.25, 0.3) is 0 Å². The van der Waals surface area contributed by atoms with Crippen molar-refractivity contribution in [3.63, 3.8) is 0 Å². The SMILES string of the molecule is CN1C[C@@H](NC(=O)N2CCc3cnc(CC4CCOC4)nc3C2)[C@H](c2ccc(C(F)(F)F)c(F)c2)C1. The molecule has 4 heterocycles. The second-order valence-corrected chi connectivity index (χ2v) is 9.98. The van der Waals surface area contributed by atoms with Gasteiger partial charge in [0.1, 0.15) is 11.6 Å². The minimum absolute atomic E-state index is 0.261. The molecule has 3 aliphatic rings. The van der Waals surface area contributed by atoms with Gasteiger partial charge >= 0.3 is 12.2 Å². The monoisotopic (exact) mass is 507 g/mol. The molecule has 1 aromatic heterocycles. The van der Waals surface area contributed by atoms with E-state index in [-0.39, 0.29) is 18.0 Å². The zero-order valence-electron chi connectivity index (χ0n) is 20.0. The fraction of sp³-hybridized carbons (Fsp3) is 0.560. The Hall–Kier alpha value is -2.79. The fourth-order valence-electron chi connectivity index (χ4n) is 5.34. The highest BCUT2D eigenvalue weighted by Crippen LogP contribution is 2.34. The first-order chi connectivity index (χ1) is 17.2. The number of carbonyl (C=O) groups is 1. The lowest BCUT2D eigenvalue weighted by Gasteiger charge is -2.30. The molecule has 0 radical (unpaired) electrons. The predicted molar refractivity (Wildman–Crippen MR) is 123 cm³/mol. The van der Waals surface area contributed by atoms with Crippen LogP contribution in [0.5, 0.6) is 0 Å². The Morgan fingerprint density at radius 3 is 2.83 bits per heavy atom. The van der Waals surface area contributed by atoms with E-state index >= 15 is 0 Å². The van der Waals surface area contributed by atoms with Gasteiger partial charge in [-0.05, 0) is 49.1 Å². The highest BCUT2D eigenvalue weighted by molar-refractivity contribution is 5.75. The standard InChI is InChI=1S/C25H29F4N5O2/c1-33-11-18(16-2-3-19(20(26)9-16)25(27,28)29)22(12-33)32-24(35)34-6-4-17-10-30-23(31-21(17)13-34)8-15-5-7-36-14-15/h2-3,9-10,15,18,22H,4-8,11-14H2,1H3,(H,32,35)/t15?,18-,22+/m0/s1. The number of benzene rings is 1. The van der Waals surface area contributed by atoms with Gasteiger partial charge in [0.15, 0.2) is 0 Å². The number of alkyl halides is 3. The molecule has 2 fully saturated rings. The van der Waals surface area contributed by atoms with Gasteiger partial charge in [-0.1, -0.05) is 6.07 Å². The third kappa shape index (κ3) is 5.31. The lowest BCUT2D eigenvalue weighted by molar-refractivity contribution is -0.140. The first-order valence-corrected chi connectivity index (χ1v) is 12.2. The molecule has 3 atom stereocenters. The van der Waals surface area contributed by atoms with Gasteiger partial charge in [-0.15, -0.1) is 0 Å². The molecule has 36 heavy (non-hydrogen) atoms. The van der Waals surface area contributed by atoms with Gasteiger partial charge in [-0.2, -0.15) is 13.2 Å². The van der Waals surface area contributed by atoms with E-state index in [9.17, 15) is 22.4 Å². The quantitative estimate of drug-likeness (QED) is 0.643. The number of nitrogens with one attached hydrogen (secondary N) is 1. The van der Waals surface area contributed by atoms with E-state index in [0.29, 0.717) is 44.1 Å². The number of nitrogens with zero attached hydrogens (tertiary/aromatic N) is 4. The Labute approximate surface area is 206 Å². The van der Waals surface area contributed by atoms with E-state index in [0.717, 1.165) is 55.3 Å². The molecular formula is C25H29F4N5O2. The van der Waals surface area contributed by atoms with Gasteiger partial charge in [0, 0.05) is 51.4 Å². The van der Waals surface area contributed by atoms with Gasteiger partial charge in [0.2, 0.25) is 0 Å². The number of amides is 2. The summed E-state index contributed by atoms with van der Waals surface area (Å²) < 4.78 is 58.6. The Morgan fingerprint density at radius 2 is 2.11 bits per heavy atom. The van der Waals surface area contributed by atoms with Crippen molar-refractivity contribution in [3.8, 4) is 0 Å². The van der Waals surface area contributed by atoms with E-state index in [1.165, 1.54) is 6.07 Å². The zero-order chi connectivity index (χ0) is 25.4. The average Bonchev–Trinajstić information content (AvgIpc) is 3.47. The van der Waals surface area contributed by atoms with Crippen LogP contribution in [-0.2, 0) is 30.3 Å². The molecular weight excluding hydrogens is 478 g/mol. The first-order valence-electron chi connectivity index (χ1n) is 12.2. The van der Waals surface area contributed by atoms with Crippen LogP contribution in [0.4, 0.5) is 22.4 Å². The van der Waals surface area contributed by atoms with E-state index in [1.807, 2.05) is 18.1 Å². The maximum Gasteiger partial charge on any atom is 0.419 e. The lowest BCUT2D eigenvalue weighted by Crippen LogP contribution is -2.49. The van der Waals surface area contributed by atoms with Crippen molar-refractivity contribution < 1.29 is 27.1 Å². The van der Waals surface area contributed by atoms with Crippen LogP contribution >= 0.6 is 0 Å². The molecule has 2 amide bonds. The third-order valence-corrected chi connectivity index (χ3v) is 7.32. The fourth-order valence-corrected chi connectivity index (χ4v) is 5.34. The Morgan fingerprint density at radius 1 is 1.28 bits per heavy atom. The molecule has 1 aromatic carbocycles. The second kappa shape index (κ2) is 9.93. The summed E-state index contributed by atoms with van der Waals surface area (Å²) >= 11 is 0. The van der Waals surface area contributed by atoms with Crippen LogP contribution in [0.15, 0.2) is 24.4 Å². The molecule has 0 spiro atoms. The molecule has 3 aliphatic heterocycles. The van der Waals surface area contributed by atoms with E-state index < -0.39 is 17.6 Å². The van der Waals surface area contributed by atoms with Gasteiger partial charge < -0.3 is 19.9 Å². The van der Waals surface area contributed by atoms with Gasteiger partial charge in [-0.25, -0.2) is 19.2 Å². The number of carbonyl (C=O) groups excluding carboxylic acids is 1. The number of rotatable bonds is 4. The van der Waals surface area contributed by atoms with Crippen molar-refractivity contribution in [2.75, 3.05) is 39.9 Å². The summed E-state index contributed by atoms with van der Waals surface area (Å²) in [5.74, 6) is -0.451. The zero-order valence-corrected chi connectivity index (χ0v) is 20.0. The van der Waals surface area contributed by atoms with Crippen molar-refractivity contribution in [3.05, 3.63) is 58.4 Å². The molecule has 2 aromatic rings. The number of hydrogen-bond donors (Lipinski definition) is 1. The molecule has 7 nitrogen and oxygen atoms in total. The van der Waals surface area contributed by atoms with E-state index in [1.54, 1.807) is 4.90 Å².